The molecule has 1 N–H and O–H groups in total. The van der Waals surface area contributed by atoms with Crippen LogP contribution in [0.4, 0.5) is 0 Å². The fourth-order valence-corrected chi connectivity index (χ4v) is 1.14. The van der Waals surface area contributed by atoms with Crippen molar-refractivity contribution in [2.45, 2.75) is 40.2 Å². The Morgan fingerprint density at radius 2 is 1.73 bits per heavy atom. The first-order valence-electron chi connectivity index (χ1n) is 5.78. The SMILES string of the molecule is CC(CC(=O)N(C)C)NCC(C)C(C)C. The van der Waals surface area contributed by atoms with E-state index in [1.807, 2.05) is 0 Å². The molecular weight excluding hydrogens is 188 g/mol. The van der Waals surface area contributed by atoms with E-state index < -0.39 is 0 Å². The Balaban J connectivity index is 3.75. The first-order chi connectivity index (χ1) is 6.84. The number of carbonyl (C=O) groups is 1. The van der Waals surface area contributed by atoms with Gasteiger partial charge in [-0.1, -0.05) is 20.8 Å². The van der Waals surface area contributed by atoms with Gasteiger partial charge in [0.2, 0.25) is 5.91 Å². The van der Waals surface area contributed by atoms with E-state index in [9.17, 15) is 4.79 Å². The molecule has 0 spiro atoms. The monoisotopic (exact) mass is 214 g/mol. The van der Waals surface area contributed by atoms with Crippen molar-refractivity contribution in [2.75, 3.05) is 20.6 Å². The summed E-state index contributed by atoms with van der Waals surface area (Å²) in [4.78, 5) is 13.1. The summed E-state index contributed by atoms with van der Waals surface area (Å²) in [5, 5.41) is 3.40. The molecule has 0 aromatic rings. The van der Waals surface area contributed by atoms with E-state index in [4.69, 9.17) is 0 Å². The number of nitrogens with zero attached hydrogens (tertiary/aromatic N) is 1. The van der Waals surface area contributed by atoms with Gasteiger partial charge in [-0.3, -0.25) is 4.79 Å². The Morgan fingerprint density at radius 3 is 2.13 bits per heavy atom. The number of amides is 1. The predicted octanol–water partition coefficient (Wildman–Crippen LogP) is 1.73. The van der Waals surface area contributed by atoms with E-state index in [0.29, 0.717) is 18.3 Å². The Kier molecular flexibility index (Phi) is 6.57. The summed E-state index contributed by atoms with van der Waals surface area (Å²) in [7, 11) is 3.59. The highest BCUT2D eigenvalue weighted by molar-refractivity contribution is 5.76. The fraction of sp³-hybridized carbons (Fsp3) is 0.917. The zero-order chi connectivity index (χ0) is 12.0. The summed E-state index contributed by atoms with van der Waals surface area (Å²) in [6.07, 6.45) is 0.581. The van der Waals surface area contributed by atoms with Crippen LogP contribution in [0.5, 0.6) is 0 Å². The van der Waals surface area contributed by atoms with Gasteiger partial charge in [-0.05, 0) is 25.3 Å². The van der Waals surface area contributed by atoms with Gasteiger partial charge in [-0.25, -0.2) is 0 Å². The number of rotatable bonds is 6. The Labute approximate surface area is 94.2 Å². The van der Waals surface area contributed by atoms with Crippen LogP contribution < -0.4 is 5.32 Å². The van der Waals surface area contributed by atoms with Gasteiger partial charge in [0, 0.05) is 26.6 Å². The molecule has 3 nitrogen and oxygen atoms in total. The molecule has 0 saturated heterocycles. The van der Waals surface area contributed by atoms with Gasteiger partial charge in [-0.2, -0.15) is 0 Å². The fourth-order valence-electron chi connectivity index (χ4n) is 1.14. The second-order valence-corrected chi connectivity index (χ2v) is 5.02. The molecule has 0 aliphatic carbocycles. The summed E-state index contributed by atoms with van der Waals surface area (Å²) >= 11 is 0. The molecule has 1 amide bonds. The molecule has 2 atom stereocenters. The van der Waals surface area contributed by atoms with Crippen LogP contribution in [-0.4, -0.2) is 37.5 Å². The molecule has 15 heavy (non-hydrogen) atoms. The van der Waals surface area contributed by atoms with Gasteiger partial charge in [0.05, 0.1) is 0 Å². The minimum Gasteiger partial charge on any atom is -0.349 e. The zero-order valence-electron chi connectivity index (χ0n) is 11.0. The van der Waals surface area contributed by atoms with Crippen LogP contribution in [0.25, 0.3) is 0 Å². The Morgan fingerprint density at radius 1 is 1.20 bits per heavy atom. The molecule has 0 rings (SSSR count). The van der Waals surface area contributed by atoms with E-state index in [0.717, 1.165) is 6.54 Å². The lowest BCUT2D eigenvalue weighted by molar-refractivity contribution is -0.129. The van der Waals surface area contributed by atoms with Crippen molar-refractivity contribution in [3.05, 3.63) is 0 Å². The van der Waals surface area contributed by atoms with Gasteiger partial charge in [0.25, 0.3) is 0 Å². The summed E-state index contributed by atoms with van der Waals surface area (Å²) in [6.45, 7) is 9.73. The average Bonchev–Trinajstić information content (AvgIpc) is 2.13. The number of hydrogen-bond donors (Lipinski definition) is 1. The molecule has 0 radical (unpaired) electrons. The maximum atomic E-state index is 11.4. The van der Waals surface area contributed by atoms with E-state index in [-0.39, 0.29) is 11.9 Å². The van der Waals surface area contributed by atoms with Crippen LogP contribution >= 0.6 is 0 Å². The topological polar surface area (TPSA) is 32.3 Å². The maximum absolute atomic E-state index is 11.4. The Hall–Kier alpha value is -0.570. The largest absolute Gasteiger partial charge is 0.349 e. The molecule has 0 aromatic carbocycles. The predicted molar refractivity (Wildman–Crippen MR) is 64.8 cm³/mol. The quantitative estimate of drug-likeness (QED) is 0.730. The van der Waals surface area contributed by atoms with Crippen molar-refractivity contribution in [2.24, 2.45) is 11.8 Å². The molecule has 0 heterocycles. The smallest absolute Gasteiger partial charge is 0.223 e. The second kappa shape index (κ2) is 6.83. The number of hydrogen-bond acceptors (Lipinski definition) is 2. The first-order valence-corrected chi connectivity index (χ1v) is 5.78. The molecule has 2 unspecified atom stereocenters. The molecular formula is C12H26N2O. The molecule has 0 aromatic heterocycles. The molecule has 3 heteroatoms. The third kappa shape index (κ3) is 6.50. The third-order valence-electron chi connectivity index (χ3n) is 2.91. The van der Waals surface area contributed by atoms with E-state index in [2.05, 4.69) is 33.0 Å². The van der Waals surface area contributed by atoms with E-state index in [1.165, 1.54) is 0 Å². The molecule has 0 saturated carbocycles. The maximum Gasteiger partial charge on any atom is 0.223 e. The van der Waals surface area contributed by atoms with Crippen molar-refractivity contribution in [1.82, 2.24) is 10.2 Å². The first kappa shape index (κ1) is 14.4. The lowest BCUT2D eigenvalue weighted by Gasteiger charge is -2.21. The van der Waals surface area contributed by atoms with Crippen molar-refractivity contribution < 1.29 is 4.79 Å². The van der Waals surface area contributed by atoms with Gasteiger partial charge >= 0.3 is 0 Å². The second-order valence-electron chi connectivity index (χ2n) is 5.02. The Bertz CT molecular complexity index is 190. The number of carbonyl (C=O) groups excluding carboxylic acids is 1. The lowest BCUT2D eigenvalue weighted by Crippen LogP contribution is -2.36. The van der Waals surface area contributed by atoms with Crippen molar-refractivity contribution >= 4 is 5.91 Å². The van der Waals surface area contributed by atoms with Crippen LogP contribution in [0.1, 0.15) is 34.1 Å². The molecule has 0 bridgehead atoms. The normalized spacial score (nSPS) is 15.1. The summed E-state index contributed by atoms with van der Waals surface area (Å²) in [5.41, 5.74) is 0. The van der Waals surface area contributed by atoms with E-state index in [1.54, 1.807) is 19.0 Å². The highest BCUT2D eigenvalue weighted by Crippen LogP contribution is 2.08. The molecule has 0 aliphatic heterocycles. The van der Waals surface area contributed by atoms with Crippen LogP contribution in [0.3, 0.4) is 0 Å². The third-order valence-corrected chi connectivity index (χ3v) is 2.91. The van der Waals surface area contributed by atoms with Crippen molar-refractivity contribution in [1.29, 1.82) is 0 Å². The summed E-state index contributed by atoms with van der Waals surface area (Å²) < 4.78 is 0. The van der Waals surface area contributed by atoms with Crippen molar-refractivity contribution in [3.8, 4) is 0 Å². The summed E-state index contributed by atoms with van der Waals surface area (Å²) in [5.74, 6) is 1.53. The minimum absolute atomic E-state index is 0.187. The highest BCUT2D eigenvalue weighted by Gasteiger charge is 2.12. The molecule has 90 valence electrons. The van der Waals surface area contributed by atoms with Gasteiger partial charge in [0.15, 0.2) is 0 Å². The zero-order valence-corrected chi connectivity index (χ0v) is 11.0. The van der Waals surface area contributed by atoms with Gasteiger partial charge in [0.1, 0.15) is 0 Å². The van der Waals surface area contributed by atoms with Crippen LogP contribution in [0.15, 0.2) is 0 Å². The standard InChI is InChI=1S/C12H26N2O/c1-9(2)10(3)8-13-11(4)7-12(15)14(5)6/h9-11,13H,7-8H2,1-6H3. The molecule has 0 aliphatic rings. The average molecular weight is 214 g/mol. The summed E-state index contributed by atoms with van der Waals surface area (Å²) in [6, 6.07) is 0.265. The van der Waals surface area contributed by atoms with Crippen LogP contribution in [0, 0.1) is 11.8 Å². The van der Waals surface area contributed by atoms with Gasteiger partial charge < -0.3 is 10.2 Å². The van der Waals surface area contributed by atoms with Crippen LogP contribution in [0.2, 0.25) is 0 Å². The van der Waals surface area contributed by atoms with E-state index >= 15 is 0 Å². The van der Waals surface area contributed by atoms with Crippen molar-refractivity contribution in [3.63, 3.8) is 0 Å². The molecule has 0 fully saturated rings. The number of nitrogens with one attached hydrogen (secondary N) is 1. The minimum atomic E-state index is 0.187. The van der Waals surface area contributed by atoms with Crippen LogP contribution in [-0.2, 0) is 4.79 Å². The lowest BCUT2D eigenvalue weighted by atomic mass is 9.98. The highest BCUT2D eigenvalue weighted by atomic mass is 16.2. The van der Waals surface area contributed by atoms with Gasteiger partial charge in [-0.15, -0.1) is 0 Å².